The van der Waals surface area contributed by atoms with Crippen LogP contribution in [0.3, 0.4) is 0 Å². The van der Waals surface area contributed by atoms with Gasteiger partial charge in [0.1, 0.15) is 0 Å². The third kappa shape index (κ3) is 3.88. The van der Waals surface area contributed by atoms with E-state index in [-0.39, 0.29) is 0 Å². The van der Waals surface area contributed by atoms with Crippen LogP contribution < -0.4 is 9.80 Å². The lowest BCUT2D eigenvalue weighted by molar-refractivity contribution is 1.16. The van der Waals surface area contributed by atoms with Crippen LogP contribution in [-0.2, 0) is 0 Å². The van der Waals surface area contributed by atoms with Crippen LogP contribution in [0.15, 0.2) is 103 Å². The minimum atomic E-state index is 1.18. The maximum Gasteiger partial charge on any atom is 0.0487 e. The molecule has 29 heavy (non-hydrogen) atoms. The first-order valence-corrected chi connectivity index (χ1v) is 9.93. The van der Waals surface area contributed by atoms with E-state index in [1.165, 1.54) is 39.4 Å². The van der Waals surface area contributed by atoms with Crippen LogP contribution in [0.5, 0.6) is 0 Å². The van der Waals surface area contributed by atoms with Gasteiger partial charge in [-0.05, 0) is 54.4 Å². The van der Waals surface area contributed by atoms with Crippen LogP contribution in [0.25, 0.3) is 11.1 Å². The summed E-state index contributed by atoms with van der Waals surface area (Å²) >= 11 is 0. The van der Waals surface area contributed by atoms with Crippen molar-refractivity contribution in [1.82, 2.24) is 0 Å². The summed E-state index contributed by atoms with van der Waals surface area (Å²) in [5, 5.41) is 0. The largest absolute Gasteiger partial charge is 0.344 e. The van der Waals surface area contributed by atoms with Gasteiger partial charge in [0.15, 0.2) is 0 Å². The average Bonchev–Trinajstić information content (AvgIpc) is 2.79. The second kappa shape index (κ2) is 8.24. The molecule has 2 nitrogen and oxygen atoms in total. The molecule has 0 spiro atoms. The number of hydrogen-bond acceptors (Lipinski definition) is 2. The number of rotatable bonds is 5. The topological polar surface area (TPSA) is 6.48 Å². The van der Waals surface area contributed by atoms with Crippen molar-refractivity contribution in [2.45, 2.75) is 6.92 Å². The van der Waals surface area contributed by atoms with Crippen molar-refractivity contribution in [3.05, 3.63) is 109 Å². The molecule has 0 N–H and O–H groups in total. The number of nitrogens with zero attached hydrogens (tertiary/aromatic N) is 2. The van der Waals surface area contributed by atoms with Crippen molar-refractivity contribution in [2.24, 2.45) is 0 Å². The molecule has 0 amide bonds. The SMILES string of the molecule is Cc1cc(N(C)c2ccccc2-c2ccccc2)ccc1N(C)c1ccccc1. The van der Waals surface area contributed by atoms with Gasteiger partial charge in [0, 0.05) is 42.4 Å². The summed E-state index contributed by atoms with van der Waals surface area (Å²) in [6.07, 6.45) is 0. The van der Waals surface area contributed by atoms with Gasteiger partial charge in [-0.25, -0.2) is 0 Å². The van der Waals surface area contributed by atoms with E-state index in [9.17, 15) is 0 Å². The summed E-state index contributed by atoms with van der Waals surface area (Å²) in [7, 11) is 4.25. The molecule has 0 unspecified atom stereocenters. The minimum Gasteiger partial charge on any atom is -0.344 e. The molecule has 0 fully saturated rings. The van der Waals surface area contributed by atoms with Crippen molar-refractivity contribution in [2.75, 3.05) is 23.9 Å². The molecule has 144 valence electrons. The molecule has 0 aliphatic rings. The molecule has 4 aromatic carbocycles. The Hall–Kier alpha value is -3.52. The first kappa shape index (κ1) is 18.8. The fourth-order valence-electron chi connectivity index (χ4n) is 3.78. The third-order valence-corrected chi connectivity index (χ3v) is 5.42. The maximum absolute atomic E-state index is 2.27. The van der Waals surface area contributed by atoms with E-state index in [2.05, 4.69) is 128 Å². The van der Waals surface area contributed by atoms with Gasteiger partial charge < -0.3 is 9.80 Å². The predicted molar refractivity (Wildman–Crippen MR) is 126 cm³/mol. The lowest BCUT2D eigenvalue weighted by atomic mass is 10.0. The Labute approximate surface area is 173 Å². The lowest BCUT2D eigenvalue weighted by Crippen LogP contribution is -2.13. The van der Waals surface area contributed by atoms with Crippen LogP contribution in [0.4, 0.5) is 22.7 Å². The Balaban J connectivity index is 1.68. The van der Waals surface area contributed by atoms with Gasteiger partial charge in [-0.2, -0.15) is 0 Å². The van der Waals surface area contributed by atoms with E-state index in [1.807, 2.05) is 6.07 Å². The molecule has 0 saturated heterocycles. The molecule has 0 aromatic heterocycles. The fourth-order valence-corrected chi connectivity index (χ4v) is 3.78. The third-order valence-electron chi connectivity index (χ3n) is 5.42. The molecule has 0 aliphatic carbocycles. The highest BCUT2D eigenvalue weighted by molar-refractivity contribution is 5.83. The molecule has 0 bridgehead atoms. The second-order valence-electron chi connectivity index (χ2n) is 7.31. The van der Waals surface area contributed by atoms with Gasteiger partial charge in [-0.1, -0.05) is 66.7 Å². The van der Waals surface area contributed by atoms with Gasteiger partial charge in [-0.3, -0.25) is 0 Å². The summed E-state index contributed by atoms with van der Waals surface area (Å²) in [5.74, 6) is 0. The first-order valence-electron chi connectivity index (χ1n) is 9.93. The summed E-state index contributed by atoms with van der Waals surface area (Å²) in [4.78, 5) is 4.50. The van der Waals surface area contributed by atoms with Gasteiger partial charge in [0.2, 0.25) is 0 Å². The number of para-hydroxylation sites is 2. The Morgan fingerprint density at radius 1 is 0.517 bits per heavy atom. The molecule has 4 rings (SSSR count). The molecule has 0 saturated carbocycles. The van der Waals surface area contributed by atoms with Crippen molar-refractivity contribution in [3.63, 3.8) is 0 Å². The zero-order valence-electron chi connectivity index (χ0n) is 17.2. The molecule has 0 radical (unpaired) electrons. The zero-order chi connectivity index (χ0) is 20.2. The van der Waals surface area contributed by atoms with Gasteiger partial charge in [-0.15, -0.1) is 0 Å². The maximum atomic E-state index is 2.27. The summed E-state index contributed by atoms with van der Waals surface area (Å²) in [5.41, 5.74) is 8.48. The van der Waals surface area contributed by atoms with Crippen LogP contribution in [0.1, 0.15) is 5.56 Å². The minimum absolute atomic E-state index is 1.18. The van der Waals surface area contributed by atoms with Crippen LogP contribution >= 0.6 is 0 Å². The van der Waals surface area contributed by atoms with Gasteiger partial charge in [0.05, 0.1) is 0 Å². The highest BCUT2D eigenvalue weighted by atomic mass is 15.1. The van der Waals surface area contributed by atoms with Crippen LogP contribution in [0.2, 0.25) is 0 Å². The van der Waals surface area contributed by atoms with Crippen molar-refractivity contribution < 1.29 is 0 Å². The Bertz CT molecular complexity index is 1090. The number of benzene rings is 4. The van der Waals surface area contributed by atoms with Crippen molar-refractivity contribution >= 4 is 22.7 Å². The quantitative estimate of drug-likeness (QED) is 0.362. The van der Waals surface area contributed by atoms with Crippen LogP contribution in [-0.4, -0.2) is 14.1 Å². The van der Waals surface area contributed by atoms with E-state index >= 15 is 0 Å². The summed E-state index contributed by atoms with van der Waals surface area (Å²) in [6, 6.07) is 36.3. The van der Waals surface area contributed by atoms with Gasteiger partial charge >= 0.3 is 0 Å². The zero-order valence-corrected chi connectivity index (χ0v) is 17.2. The highest BCUT2D eigenvalue weighted by Gasteiger charge is 2.13. The standard InChI is InChI=1S/C27H26N2/c1-21-20-24(18-19-26(21)28(2)23-14-8-5-9-15-23)29(3)27-17-11-10-16-25(27)22-12-6-4-7-13-22/h4-20H,1-3H3. The highest BCUT2D eigenvalue weighted by Crippen LogP contribution is 2.36. The fraction of sp³-hybridized carbons (Fsp3) is 0.111. The van der Waals surface area contributed by atoms with E-state index < -0.39 is 0 Å². The average molecular weight is 379 g/mol. The normalized spacial score (nSPS) is 10.6. The number of aryl methyl sites for hydroxylation is 1. The molecule has 0 aliphatic heterocycles. The molecule has 0 atom stereocenters. The van der Waals surface area contributed by atoms with E-state index in [0.717, 1.165) is 0 Å². The van der Waals surface area contributed by atoms with Crippen LogP contribution in [0, 0.1) is 6.92 Å². The molecular formula is C27H26N2. The van der Waals surface area contributed by atoms with E-state index in [0.29, 0.717) is 0 Å². The molecular weight excluding hydrogens is 352 g/mol. The summed E-state index contributed by atoms with van der Waals surface area (Å²) < 4.78 is 0. The second-order valence-corrected chi connectivity index (χ2v) is 7.31. The van der Waals surface area contributed by atoms with E-state index in [1.54, 1.807) is 0 Å². The number of hydrogen-bond donors (Lipinski definition) is 0. The molecule has 4 aromatic rings. The lowest BCUT2D eigenvalue weighted by Gasteiger charge is -2.26. The smallest absolute Gasteiger partial charge is 0.0487 e. The Kier molecular flexibility index (Phi) is 5.35. The van der Waals surface area contributed by atoms with Gasteiger partial charge in [0.25, 0.3) is 0 Å². The summed E-state index contributed by atoms with van der Waals surface area (Å²) in [6.45, 7) is 2.18. The first-order chi connectivity index (χ1) is 14.1. The Morgan fingerprint density at radius 3 is 1.79 bits per heavy atom. The number of anilines is 4. The Morgan fingerprint density at radius 2 is 1.10 bits per heavy atom. The predicted octanol–water partition coefficient (Wildman–Crippen LogP) is 7.20. The molecule has 0 heterocycles. The van der Waals surface area contributed by atoms with Crippen molar-refractivity contribution in [1.29, 1.82) is 0 Å². The van der Waals surface area contributed by atoms with Crippen molar-refractivity contribution in [3.8, 4) is 11.1 Å². The monoisotopic (exact) mass is 378 g/mol. The van der Waals surface area contributed by atoms with E-state index in [4.69, 9.17) is 0 Å². The molecule has 2 heteroatoms.